The quantitative estimate of drug-likeness (QED) is 0.927. The Balaban J connectivity index is 1.79. The van der Waals surface area contributed by atoms with Crippen LogP contribution in [0.15, 0.2) is 18.2 Å². The van der Waals surface area contributed by atoms with Crippen molar-refractivity contribution in [3.05, 3.63) is 41.3 Å². The van der Waals surface area contributed by atoms with Crippen LogP contribution in [0, 0.1) is 17.6 Å². The Bertz CT molecular complexity index is 514. The number of piperazine rings is 1. The molecule has 0 saturated carbocycles. The predicted molar refractivity (Wildman–Crippen MR) is 81.2 cm³/mol. The van der Waals surface area contributed by atoms with Crippen molar-refractivity contribution in [1.29, 1.82) is 0 Å². The van der Waals surface area contributed by atoms with E-state index in [1.165, 1.54) is 18.1 Å². The lowest BCUT2D eigenvalue weighted by Crippen LogP contribution is -2.52. The predicted octanol–water partition coefficient (Wildman–Crippen LogP) is 2.41. The van der Waals surface area contributed by atoms with Crippen LogP contribution in [0.3, 0.4) is 0 Å². The zero-order valence-electron chi connectivity index (χ0n) is 13.0. The molecule has 2 amide bonds. The van der Waals surface area contributed by atoms with Gasteiger partial charge in [-0.1, -0.05) is 19.9 Å². The molecule has 1 fully saturated rings. The summed E-state index contributed by atoms with van der Waals surface area (Å²) < 4.78 is 26.3. The first kappa shape index (κ1) is 16.7. The molecule has 0 aliphatic carbocycles. The van der Waals surface area contributed by atoms with Crippen molar-refractivity contribution in [3.63, 3.8) is 0 Å². The number of benzene rings is 1. The molecule has 6 heteroatoms. The number of nitrogens with zero attached hydrogens (tertiary/aromatic N) is 2. The molecule has 1 saturated heterocycles. The van der Waals surface area contributed by atoms with Crippen LogP contribution in [-0.2, 0) is 6.54 Å². The molecule has 1 aliphatic heterocycles. The lowest BCUT2D eigenvalue weighted by atomic mass is 10.2. The second-order valence-electron chi connectivity index (χ2n) is 5.86. The number of hydrogen-bond donors (Lipinski definition) is 1. The van der Waals surface area contributed by atoms with Crippen molar-refractivity contribution in [1.82, 2.24) is 15.1 Å². The van der Waals surface area contributed by atoms with Gasteiger partial charge in [-0.15, -0.1) is 0 Å². The minimum Gasteiger partial charge on any atom is -0.334 e. The van der Waals surface area contributed by atoms with E-state index in [0.29, 0.717) is 13.1 Å². The van der Waals surface area contributed by atoms with Crippen molar-refractivity contribution in [2.45, 2.75) is 20.4 Å². The number of rotatable bonds is 4. The number of nitrogens with one attached hydrogen (secondary N) is 1. The van der Waals surface area contributed by atoms with Crippen LogP contribution < -0.4 is 5.32 Å². The largest absolute Gasteiger partial charge is 0.334 e. The third-order valence-electron chi connectivity index (χ3n) is 3.64. The molecule has 0 spiro atoms. The summed E-state index contributed by atoms with van der Waals surface area (Å²) in [5.41, 5.74) is 0.282. The van der Waals surface area contributed by atoms with Crippen LogP contribution >= 0.6 is 0 Å². The van der Waals surface area contributed by atoms with Gasteiger partial charge in [-0.3, -0.25) is 4.90 Å². The average Bonchev–Trinajstić information content (AvgIpc) is 2.46. The van der Waals surface area contributed by atoms with Gasteiger partial charge in [0, 0.05) is 50.9 Å². The van der Waals surface area contributed by atoms with Gasteiger partial charge in [-0.05, 0) is 12.0 Å². The van der Waals surface area contributed by atoms with Crippen molar-refractivity contribution >= 4 is 6.03 Å². The number of amides is 2. The third kappa shape index (κ3) is 4.66. The normalized spacial score (nSPS) is 16.1. The first-order valence-corrected chi connectivity index (χ1v) is 7.44. The summed E-state index contributed by atoms with van der Waals surface area (Å²) in [6.07, 6.45) is 0. The van der Waals surface area contributed by atoms with Gasteiger partial charge in [0.15, 0.2) is 0 Å². The average molecular weight is 310 g/mol. The molecule has 1 heterocycles. The van der Waals surface area contributed by atoms with Crippen molar-refractivity contribution in [2.24, 2.45) is 0 Å². The van der Waals surface area contributed by atoms with Gasteiger partial charge in [0.25, 0.3) is 0 Å². The molecule has 22 heavy (non-hydrogen) atoms. The number of carbonyl (C=O) groups is 1. The number of urea groups is 1. The lowest BCUT2D eigenvalue weighted by Gasteiger charge is -2.35. The second kappa shape index (κ2) is 7.54. The van der Waals surface area contributed by atoms with Gasteiger partial charge in [0.2, 0.25) is 0 Å². The molecular weight excluding hydrogens is 288 g/mol. The summed E-state index contributed by atoms with van der Waals surface area (Å²) in [4.78, 5) is 16.1. The van der Waals surface area contributed by atoms with Crippen LogP contribution in [-0.4, -0.2) is 48.6 Å². The van der Waals surface area contributed by atoms with Gasteiger partial charge >= 0.3 is 6.03 Å². The first-order chi connectivity index (χ1) is 10.5. The molecular formula is C16H22F2N3O. The van der Waals surface area contributed by atoms with Gasteiger partial charge in [0.1, 0.15) is 11.6 Å². The van der Waals surface area contributed by atoms with E-state index < -0.39 is 11.6 Å². The van der Waals surface area contributed by atoms with Gasteiger partial charge < -0.3 is 10.2 Å². The van der Waals surface area contributed by atoms with E-state index in [1.54, 1.807) is 4.90 Å². The molecule has 1 N–H and O–H groups in total. The molecule has 121 valence electrons. The highest BCUT2D eigenvalue weighted by molar-refractivity contribution is 5.74. The SMILES string of the molecule is C[C](C)CN1CCN(C(=O)NCc2ccc(F)cc2F)CC1. The Kier molecular flexibility index (Phi) is 5.71. The zero-order valence-corrected chi connectivity index (χ0v) is 13.0. The van der Waals surface area contributed by atoms with Crippen LogP contribution in [0.25, 0.3) is 0 Å². The summed E-state index contributed by atoms with van der Waals surface area (Å²) in [6.45, 7) is 8.19. The topological polar surface area (TPSA) is 35.6 Å². The standard InChI is InChI=1S/C16H22F2N3O/c1-12(2)11-20-5-7-21(8-6-20)16(22)19-10-13-3-4-14(17)9-15(13)18/h3-4,9H,5-8,10-11H2,1-2H3,(H,19,22). The molecule has 1 aliphatic rings. The molecule has 0 unspecified atom stereocenters. The Labute approximate surface area is 130 Å². The fraction of sp³-hybridized carbons (Fsp3) is 0.500. The van der Waals surface area contributed by atoms with Gasteiger partial charge in [-0.25, -0.2) is 13.6 Å². The minimum atomic E-state index is -0.640. The summed E-state index contributed by atoms with van der Waals surface area (Å²) in [7, 11) is 0. The number of hydrogen-bond acceptors (Lipinski definition) is 2. The molecule has 0 aromatic heterocycles. The van der Waals surface area contributed by atoms with Gasteiger partial charge in [0.05, 0.1) is 0 Å². The Morgan fingerprint density at radius 2 is 1.86 bits per heavy atom. The van der Waals surface area contributed by atoms with E-state index in [9.17, 15) is 13.6 Å². The van der Waals surface area contributed by atoms with E-state index in [-0.39, 0.29) is 18.1 Å². The van der Waals surface area contributed by atoms with E-state index >= 15 is 0 Å². The molecule has 2 rings (SSSR count). The summed E-state index contributed by atoms with van der Waals surface area (Å²) >= 11 is 0. The monoisotopic (exact) mass is 310 g/mol. The van der Waals surface area contributed by atoms with Crippen LogP contribution in [0.2, 0.25) is 0 Å². The summed E-state index contributed by atoms with van der Waals surface area (Å²) in [6, 6.07) is 3.15. The van der Waals surface area contributed by atoms with E-state index in [0.717, 1.165) is 25.7 Å². The maximum Gasteiger partial charge on any atom is 0.317 e. The highest BCUT2D eigenvalue weighted by Gasteiger charge is 2.21. The van der Waals surface area contributed by atoms with Crippen molar-refractivity contribution in [2.75, 3.05) is 32.7 Å². The molecule has 1 aromatic rings. The number of carbonyl (C=O) groups excluding carboxylic acids is 1. The first-order valence-electron chi connectivity index (χ1n) is 7.44. The smallest absolute Gasteiger partial charge is 0.317 e. The second-order valence-corrected chi connectivity index (χ2v) is 5.86. The highest BCUT2D eigenvalue weighted by atomic mass is 19.1. The van der Waals surface area contributed by atoms with Crippen LogP contribution in [0.1, 0.15) is 19.4 Å². The Hall–Kier alpha value is -1.69. The maximum absolute atomic E-state index is 13.5. The molecule has 4 nitrogen and oxygen atoms in total. The molecule has 1 aromatic carbocycles. The Morgan fingerprint density at radius 3 is 2.45 bits per heavy atom. The van der Waals surface area contributed by atoms with Crippen molar-refractivity contribution in [3.8, 4) is 0 Å². The third-order valence-corrected chi connectivity index (χ3v) is 3.64. The fourth-order valence-electron chi connectivity index (χ4n) is 2.50. The summed E-state index contributed by atoms with van der Waals surface area (Å²) in [5, 5.41) is 2.69. The highest BCUT2D eigenvalue weighted by Crippen LogP contribution is 2.10. The van der Waals surface area contributed by atoms with E-state index in [4.69, 9.17) is 0 Å². The Morgan fingerprint density at radius 1 is 1.18 bits per heavy atom. The van der Waals surface area contributed by atoms with Crippen LogP contribution in [0.4, 0.5) is 13.6 Å². The van der Waals surface area contributed by atoms with Gasteiger partial charge in [-0.2, -0.15) is 0 Å². The molecule has 1 radical (unpaired) electrons. The van der Waals surface area contributed by atoms with E-state index in [1.807, 2.05) is 0 Å². The number of halogens is 2. The lowest BCUT2D eigenvalue weighted by molar-refractivity contribution is 0.142. The fourth-order valence-corrected chi connectivity index (χ4v) is 2.50. The zero-order chi connectivity index (χ0) is 16.1. The van der Waals surface area contributed by atoms with Crippen molar-refractivity contribution < 1.29 is 13.6 Å². The molecule has 0 bridgehead atoms. The summed E-state index contributed by atoms with van der Waals surface area (Å²) in [5.74, 6) is 0.0930. The van der Waals surface area contributed by atoms with Crippen LogP contribution in [0.5, 0.6) is 0 Å². The molecule has 0 atom stereocenters. The minimum absolute atomic E-state index is 0.0625. The van der Waals surface area contributed by atoms with E-state index in [2.05, 4.69) is 24.1 Å². The maximum atomic E-state index is 13.5.